The summed E-state index contributed by atoms with van der Waals surface area (Å²) in [5.41, 5.74) is 2.91. The molecule has 3 heterocycles. The summed E-state index contributed by atoms with van der Waals surface area (Å²) in [5, 5.41) is 0.652. The van der Waals surface area contributed by atoms with Gasteiger partial charge in [0.25, 0.3) is 0 Å². The maximum atomic E-state index is 13.0. The van der Waals surface area contributed by atoms with Crippen molar-refractivity contribution in [3.8, 4) is 11.4 Å². The van der Waals surface area contributed by atoms with Crippen LogP contribution in [0.15, 0.2) is 61.1 Å². The summed E-state index contributed by atoms with van der Waals surface area (Å²) >= 11 is 6.12. The predicted molar refractivity (Wildman–Crippen MR) is 121 cm³/mol. The Morgan fingerprint density at radius 2 is 2.13 bits per heavy atom. The zero-order chi connectivity index (χ0) is 21.6. The molecule has 0 saturated carbocycles. The molecule has 1 atom stereocenters. The molecule has 3 aromatic rings. The number of hydrogen-bond donors (Lipinski definition) is 0. The van der Waals surface area contributed by atoms with E-state index in [9.17, 15) is 4.79 Å². The Balaban J connectivity index is 1.40. The highest BCUT2D eigenvalue weighted by Gasteiger charge is 2.31. The summed E-state index contributed by atoms with van der Waals surface area (Å²) in [5.74, 6) is 0.805. The van der Waals surface area contributed by atoms with Crippen molar-refractivity contribution >= 4 is 17.5 Å². The molecular formula is C24H26ClN5O. The maximum absolute atomic E-state index is 13.0. The van der Waals surface area contributed by atoms with Crippen molar-refractivity contribution in [1.82, 2.24) is 24.8 Å². The van der Waals surface area contributed by atoms with Gasteiger partial charge in [-0.1, -0.05) is 29.8 Å². The van der Waals surface area contributed by atoms with Gasteiger partial charge in [0.15, 0.2) is 5.82 Å². The van der Waals surface area contributed by atoms with Gasteiger partial charge in [-0.05, 0) is 49.7 Å². The summed E-state index contributed by atoms with van der Waals surface area (Å²) in [4.78, 5) is 30.5. The van der Waals surface area contributed by atoms with Crippen molar-refractivity contribution in [2.24, 2.45) is 0 Å². The number of pyridine rings is 1. The first-order chi connectivity index (χ1) is 15.1. The van der Waals surface area contributed by atoms with Crippen molar-refractivity contribution in [3.05, 3.63) is 77.3 Å². The number of benzene rings is 1. The third-order valence-electron chi connectivity index (χ3n) is 5.56. The topological polar surface area (TPSA) is 62.2 Å². The zero-order valence-corrected chi connectivity index (χ0v) is 18.4. The van der Waals surface area contributed by atoms with Crippen LogP contribution in [-0.2, 0) is 11.3 Å². The van der Waals surface area contributed by atoms with Crippen molar-refractivity contribution in [1.29, 1.82) is 0 Å². The van der Waals surface area contributed by atoms with Crippen molar-refractivity contribution in [2.75, 3.05) is 20.1 Å². The molecule has 1 aromatic carbocycles. The molecule has 1 amide bonds. The van der Waals surface area contributed by atoms with Crippen LogP contribution in [0.4, 0.5) is 0 Å². The molecule has 0 bridgehead atoms. The SMILES string of the molecule is CN(CCC(=O)N1CCCC1c1ccnc(-c2cccc(Cl)c2)n1)Cc1cccnc1. The Labute approximate surface area is 187 Å². The number of carbonyl (C=O) groups is 1. The fourth-order valence-electron chi connectivity index (χ4n) is 4.01. The Kier molecular flexibility index (Phi) is 6.89. The monoisotopic (exact) mass is 435 g/mol. The molecule has 1 unspecified atom stereocenters. The van der Waals surface area contributed by atoms with Gasteiger partial charge in [-0.15, -0.1) is 0 Å². The van der Waals surface area contributed by atoms with E-state index in [4.69, 9.17) is 16.6 Å². The van der Waals surface area contributed by atoms with Crippen LogP contribution in [0.1, 0.15) is 36.6 Å². The summed E-state index contributed by atoms with van der Waals surface area (Å²) in [6.45, 7) is 2.25. The minimum absolute atomic E-state index is 0.00272. The third kappa shape index (κ3) is 5.46. The Morgan fingerprint density at radius 3 is 2.94 bits per heavy atom. The van der Waals surface area contributed by atoms with Gasteiger partial charge < -0.3 is 9.80 Å². The Morgan fingerprint density at radius 1 is 1.23 bits per heavy atom. The Hall–Kier alpha value is -2.83. The van der Waals surface area contributed by atoms with Gasteiger partial charge >= 0.3 is 0 Å². The van der Waals surface area contributed by atoms with Gasteiger partial charge in [-0.3, -0.25) is 9.78 Å². The van der Waals surface area contributed by atoms with Gasteiger partial charge in [-0.2, -0.15) is 0 Å². The minimum atomic E-state index is -0.00272. The fourth-order valence-corrected chi connectivity index (χ4v) is 4.20. The number of amides is 1. The summed E-state index contributed by atoms with van der Waals surface area (Å²) in [7, 11) is 2.03. The average molecular weight is 436 g/mol. The molecule has 2 aromatic heterocycles. The summed E-state index contributed by atoms with van der Waals surface area (Å²) in [6.07, 6.45) is 7.79. The van der Waals surface area contributed by atoms with Crippen LogP contribution < -0.4 is 0 Å². The molecule has 160 valence electrons. The van der Waals surface area contributed by atoms with Crippen LogP contribution in [0.2, 0.25) is 5.02 Å². The maximum Gasteiger partial charge on any atom is 0.224 e. The van der Waals surface area contributed by atoms with Gasteiger partial charge in [0.2, 0.25) is 5.91 Å². The van der Waals surface area contributed by atoms with Crippen LogP contribution in [0.3, 0.4) is 0 Å². The van der Waals surface area contributed by atoms with Gasteiger partial charge in [-0.25, -0.2) is 9.97 Å². The lowest BCUT2D eigenvalue weighted by molar-refractivity contribution is -0.132. The van der Waals surface area contributed by atoms with Crippen LogP contribution in [0.5, 0.6) is 0 Å². The lowest BCUT2D eigenvalue weighted by Gasteiger charge is -2.26. The molecule has 0 radical (unpaired) electrons. The van der Waals surface area contributed by atoms with E-state index in [-0.39, 0.29) is 11.9 Å². The number of hydrogen-bond acceptors (Lipinski definition) is 5. The van der Waals surface area contributed by atoms with Crippen LogP contribution in [-0.4, -0.2) is 50.8 Å². The summed E-state index contributed by atoms with van der Waals surface area (Å²) in [6, 6.07) is 13.4. The van der Waals surface area contributed by atoms with Crippen molar-refractivity contribution in [2.45, 2.75) is 31.8 Å². The third-order valence-corrected chi connectivity index (χ3v) is 5.79. The molecular weight excluding hydrogens is 410 g/mol. The molecule has 0 N–H and O–H groups in total. The van der Waals surface area contributed by atoms with Crippen LogP contribution >= 0.6 is 11.6 Å². The first-order valence-corrected chi connectivity index (χ1v) is 10.9. The Bertz CT molecular complexity index is 1030. The number of nitrogens with zero attached hydrogens (tertiary/aromatic N) is 5. The molecule has 0 spiro atoms. The molecule has 1 aliphatic heterocycles. The normalized spacial score (nSPS) is 16.1. The van der Waals surface area contributed by atoms with Crippen molar-refractivity contribution in [3.63, 3.8) is 0 Å². The lowest BCUT2D eigenvalue weighted by atomic mass is 10.1. The number of halogens is 1. The van der Waals surface area contributed by atoms with E-state index < -0.39 is 0 Å². The highest BCUT2D eigenvalue weighted by Crippen LogP contribution is 2.32. The molecule has 4 rings (SSSR count). The first kappa shape index (κ1) is 21.4. The molecule has 1 fully saturated rings. The first-order valence-electron chi connectivity index (χ1n) is 10.6. The van der Waals surface area contributed by atoms with Gasteiger partial charge in [0.1, 0.15) is 0 Å². The molecule has 6 nitrogen and oxygen atoms in total. The highest BCUT2D eigenvalue weighted by molar-refractivity contribution is 6.30. The second-order valence-corrected chi connectivity index (χ2v) is 8.35. The molecule has 31 heavy (non-hydrogen) atoms. The predicted octanol–water partition coefficient (Wildman–Crippen LogP) is 4.38. The second kappa shape index (κ2) is 9.98. The average Bonchev–Trinajstić information content (AvgIpc) is 3.28. The van der Waals surface area contributed by atoms with E-state index >= 15 is 0 Å². The van der Waals surface area contributed by atoms with Gasteiger partial charge in [0, 0.05) is 55.2 Å². The van der Waals surface area contributed by atoms with E-state index in [2.05, 4.69) is 20.9 Å². The van der Waals surface area contributed by atoms with E-state index in [1.807, 2.05) is 54.5 Å². The van der Waals surface area contributed by atoms with Crippen LogP contribution in [0.25, 0.3) is 11.4 Å². The zero-order valence-electron chi connectivity index (χ0n) is 17.6. The molecule has 1 saturated heterocycles. The minimum Gasteiger partial charge on any atom is -0.334 e. The van der Waals surface area contributed by atoms with Crippen LogP contribution in [0, 0.1) is 0 Å². The number of aromatic nitrogens is 3. The number of rotatable bonds is 7. The van der Waals surface area contributed by atoms with E-state index in [1.54, 1.807) is 12.4 Å². The van der Waals surface area contributed by atoms with Crippen molar-refractivity contribution < 1.29 is 4.79 Å². The molecule has 1 aliphatic rings. The largest absolute Gasteiger partial charge is 0.334 e. The second-order valence-electron chi connectivity index (χ2n) is 7.91. The quantitative estimate of drug-likeness (QED) is 0.551. The fraction of sp³-hybridized carbons (Fsp3) is 0.333. The standard InChI is InChI=1S/C24H26ClN5O/c1-29(17-18-5-3-11-26-16-18)14-10-23(31)30-13-4-8-22(30)21-9-12-27-24(28-21)19-6-2-7-20(25)15-19/h2-3,5-7,9,11-12,15-16,22H,4,8,10,13-14,17H2,1H3. The lowest BCUT2D eigenvalue weighted by Crippen LogP contribution is -2.33. The van der Waals surface area contributed by atoms with E-state index in [0.717, 1.165) is 42.8 Å². The summed E-state index contributed by atoms with van der Waals surface area (Å²) < 4.78 is 0. The number of carbonyl (C=O) groups excluding carboxylic acids is 1. The molecule has 7 heteroatoms. The smallest absolute Gasteiger partial charge is 0.224 e. The number of likely N-dealkylation sites (tertiary alicyclic amines) is 1. The van der Waals surface area contributed by atoms with Gasteiger partial charge in [0.05, 0.1) is 11.7 Å². The highest BCUT2D eigenvalue weighted by atomic mass is 35.5. The van der Waals surface area contributed by atoms with E-state index in [0.29, 0.717) is 23.8 Å². The molecule has 0 aliphatic carbocycles. The van der Waals surface area contributed by atoms with E-state index in [1.165, 1.54) is 0 Å².